The summed E-state index contributed by atoms with van der Waals surface area (Å²) in [6.07, 6.45) is 0.845. The quantitative estimate of drug-likeness (QED) is 0.806. The van der Waals surface area contributed by atoms with Gasteiger partial charge in [0.1, 0.15) is 5.75 Å². The van der Waals surface area contributed by atoms with Gasteiger partial charge in [-0.3, -0.25) is 9.59 Å². The molecule has 0 heterocycles. The Labute approximate surface area is 146 Å². The molecular formula is C18H19ClN2O3. The van der Waals surface area contributed by atoms with Gasteiger partial charge < -0.3 is 15.4 Å². The van der Waals surface area contributed by atoms with Crippen LogP contribution < -0.4 is 15.4 Å². The lowest BCUT2D eigenvalue weighted by molar-refractivity contribution is -0.123. The molecule has 126 valence electrons. The maximum absolute atomic E-state index is 12.5. The highest BCUT2D eigenvalue weighted by Gasteiger charge is 2.15. The average Bonchev–Trinajstić information content (AvgIpc) is 2.59. The van der Waals surface area contributed by atoms with Gasteiger partial charge in [-0.05, 0) is 36.8 Å². The van der Waals surface area contributed by atoms with Crippen molar-refractivity contribution in [3.63, 3.8) is 0 Å². The van der Waals surface area contributed by atoms with E-state index in [1.165, 1.54) is 6.07 Å². The molecule has 0 aliphatic heterocycles. The zero-order valence-electron chi connectivity index (χ0n) is 13.3. The zero-order valence-corrected chi connectivity index (χ0v) is 14.1. The van der Waals surface area contributed by atoms with Gasteiger partial charge in [-0.2, -0.15) is 0 Å². The summed E-state index contributed by atoms with van der Waals surface area (Å²) in [4.78, 5) is 24.1. The lowest BCUT2D eigenvalue weighted by Crippen LogP contribution is -2.29. The number of hydrogen-bond acceptors (Lipinski definition) is 3. The van der Waals surface area contributed by atoms with E-state index in [1.807, 2.05) is 25.1 Å². The molecule has 2 aromatic carbocycles. The minimum absolute atomic E-state index is 0.159. The number of benzene rings is 2. The van der Waals surface area contributed by atoms with Gasteiger partial charge in [0, 0.05) is 17.3 Å². The molecule has 2 aromatic rings. The topological polar surface area (TPSA) is 67.4 Å². The molecule has 0 spiro atoms. The van der Waals surface area contributed by atoms with Crippen molar-refractivity contribution in [2.45, 2.75) is 13.3 Å². The molecule has 2 amide bonds. The Bertz CT molecular complexity index is 705. The first-order valence-electron chi connectivity index (χ1n) is 7.65. The second-order valence-electron chi connectivity index (χ2n) is 5.10. The van der Waals surface area contributed by atoms with E-state index in [-0.39, 0.29) is 24.0 Å². The first-order chi connectivity index (χ1) is 11.6. The number of rotatable bonds is 7. The van der Waals surface area contributed by atoms with Crippen molar-refractivity contribution < 1.29 is 14.3 Å². The van der Waals surface area contributed by atoms with Crippen molar-refractivity contribution in [2.24, 2.45) is 0 Å². The van der Waals surface area contributed by atoms with Crippen LogP contribution in [0.15, 0.2) is 48.5 Å². The molecule has 5 nitrogen and oxygen atoms in total. The van der Waals surface area contributed by atoms with Crippen molar-refractivity contribution in [1.82, 2.24) is 5.32 Å². The third-order valence-electron chi connectivity index (χ3n) is 3.15. The van der Waals surface area contributed by atoms with Crippen molar-refractivity contribution in [2.75, 3.05) is 18.5 Å². The summed E-state index contributed by atoms with van der Waals surface area (Å²) >= 11 is 5.98. The number of hydrogen-bond donors (Lipinski definition) is 2. The number of ether oxygens (including phenoxy) is 1. The predicted molar refractivity (Wildman–Crippen MR) is 94.6 cm³/mol. The van der Waals surface area contributed by atoms with E-state index in [1.54, 1.807) is 24.3 Å². The van der Waals surface area contributed by atoms with Crippen molar-refractivity contribution >= 4 is 29.1 Å². The van der Waals surface area contributed by atoms with E-state index in [4.69, 9.17) is 16.3 Å². The number of nitrogens with one attached hydrogen (secondary N) is 2. The molecular weight excluding hydrogens is 328 g/mol. The summed E-state index contributed by atoms with van der Waals surface area (Å²) in [5, 5.41) is 5.89. The Morgan fingerprint density at radius 1 is 1.12 bits per heavy atom. The standard InChI is InChI=1S/C18H19ClN2O3/c1-2-10-20-17(22)12-24-16-9-8-13(19)11-15(16)18(23)21-14-6-4-3-5-7-14/h3-9,11H,2,10,12H2,1H3,(H,20,22)(H,21,23). The fourth-order valence-corrected chi connectivity index (χ4v) is 2.16. The van der Waals surface area contributed by atoms with Gasteiger partial charge in [0.2, 0.25) is 0 Å². The Hall–Kier alpha value is -2.53. The molecule has 0 aliphatic rings. The number of carbonyl (C=O) groups is 2. The van der Waals surface area contributed by atoms with Crippen LogP contribution in [0.2, 0.25) is 5.02 Å². The highest BCUT2D eigenvalue weighted by Crippen LogP contribution is 2.24. The normalized spacial score (nSPS) is 10.1. The maximum atomic E-state index is 12.5. The maximum Gasteiger partial charge on any atom is 0.259 e. The number of halogens is 1. The highest BCUT2D eigenvalue weighted by molar-refractivity contribution is 6.31. The third kappa shape index (κ3) is 5.28. The highest BCUT2D eigenvalue weighted by atomic mass is 35.5. The van der Waals surface area contributed by atoms with E-state index >= 15 is 0 Å². The molecule has 0 saturated carbocycles. The fourth-order valence-electron chi connectivity index (χ4n) is 1.98. The zero-order chi connectivity index (χ0) is 17.4. The number of carbonyl (C=O) groups excluding carboxylic acids is 2. The minimum Gasteiger partial charge on any atom is -0.483 e. The summed E-state index contributed by atoms with van der Waals surface area (Å²) in [6, 6.07) is 13.8. The third-order valence-corrected chi connectivity index (χ3v) is 3.38. The Balaban J connectivity index is 2.09. The van der Waals surface area contributed by atoms with Gasteiger partial charge in [0.25, 0.3) is 11.8 Å². The Morgan fingerprint density at radius 3 is 2.58 bits per heavy atom. The summed E-state index contributed by atoms with van der Waals surface area (Å²) in [5.74, 6) is -0.284. The van der Waals surface area contributed by atoms with Crippen LogP contribution in [0.1, 0.15) is 23.7 Å². The van der Waals surface area contributed by atoms with Crippen molar-refractivity contribution in [3.05, 3.63) is 59.1 Å². The molecule has 6 heteroatoms. The molecule has 0 bridgehead atoms. The number of para-hydroxylation sites is 1. The first kappa shape index (κ1) is 17.8. The van der Waals surface area contributed by atoms with Gasteiger partial charge in [0.05, 0.1) is 5.56 Å². The molecule has 0 radical (unpaired) electrons. The van der Waals surface area contributed by atoms with E-state index in [0.29, 0.717) is 23.0 Å². The summed E-state index contributed by atoms with van der Waals surface area (Å²) < 4.78 is 5.48. The molecule has 0 aromatic heterocycles. The van der Waals surface area contributed by atoms with Gasteiger partial charge >= 0.3 is 0 Å². The van der Waals surface area contributed by atoms with Crippen LogP contribution in [0.5, 0.6) is 5.75 Å². The largest absolute Gasteiger partial charge is 0.483 e. The Morgan fingerprint density at radius 2 is 1.88 bits per heavy atom. The van der Waals surface area contributed by atoms with Gasteiger partial charge in [-0.15, -0.1) is 0 Å². The van der Waals surface area contributed by atoms with Gasteiger partial charge in [-0.1, -0.05) is 36.7 Å². The predicted octanol–water partition coefficient (Wildman–Crippen LogP) is 3.50. The molecule has 2 rings (SSSR count). The average molecular weight is 347 g/mol. The van der Waals surface area contributed by atoms with Crippen LogP contribution >= 0.6 is 11.6 Å². The van der Waals surface area contributed by atoms with Crippen molar-refractivity contribution in [1.29, 1.82) is 0 Å². The van der Waals surface area contributed by atoms with Crippen LogP contribution in [-0.4, -0.2) is 25.0 Å². The fraction of sp³-hybridized carbons (Fsp3) is 0.222. The van der Waals surface area contributed by atoms with E-state index in [2.05, 4.69) is 10.6 Å². The van der Waals surface area contributed by atoms with E-state index in [0.717, 1.165) is 6.42 Å². The second-order valence-corrected chi connectivity index (χ2v) is 5.54. The van der Waals surface area contributed by atoms with Gasteiger partial charge in [-0.25, -0.2) is 0 Å². The first-order valence-corrected chi connectivity index (χ1v) is 8.03. The number of anilines is 1. The summed E-state index contributed by atoms with van der Waals surface area (Å²) in [7, 11) is 0. The number of amides is 2. The minimum atomic E-state index is -0.354. The second kappa shape index (κ2) is 8.93. The molecule has 0 unspecified atom stereocenters. The molecule has 24 heavy (non-hydrogen) atoms. The lowest BCUT2D eigenvalue weighted by atomic mass is 10.2. The molecule has 0 aliphatic carbocycles. The lowest BCUT2D eigenvalue weighted by Gasteiger charge is -2.12. The van der Waals surface area contributed by atoms with Crippen LogP contribution in [0, 0.1) is 0 Å². The van der Waals surface area contributed by atoms with Crippen molar-refractivity contribution in [3.8, 4) is 5.75 Å². The molecule has 0 atom stereocenters. The van der Waals surface area contributed by atoms with Crippen LogP contribution in [0.3, 0.4) is 0 Å². The van der Waals surface area contributed by atoms with Gasteiger partial charge in [0.15, 0.2) is 6.61 Å². The summed E-state index contributed by atoms with van der Waals surface area (Å²) in [5.41, 5.74) is 0.934. The van der Waals surface area contributed by atoms with E-state index < -0.39 is 0 Å². The molecule has 2 N–H and O–H groups in total. The summed E-state index contributed by atoms with van der Waals surface area (Å²) in [6.45, 7) is 2.39. The Kier molecular flexibility index (Phi) is 6.63. The van der Waals surface area contributed by atoms with Crippen LogP contribution in [-0.2, 0) is 4.79 Å². The van der Waals surface area contributed by atoms with Crippen LogP contribution in [0.4, 0.5) is 5.69 Å². The SMILES string of the molecule is CCCNC(=O)COc1ccc(Cl)cc1C(=O)Nc1ccccc1. The van der Waals surface area contributed by atoms with E-state index in [9.17, 15) is 9.59 Å². The van der Waals surface area contributed by atoms with Crippen LogP contribution in [0.25, 0.3) is 0 Å². The molecule has 0 fully saturated rings. The smallest absolute Gasteiger partial charge is 0.259 e. The molecule has 0 saturated heterocycles. The monoisotopic (exact) mass is 346 g/mol.